The highest BCUT2D eigenvalue weighted by atomic mass is 19.4. The van der Waals surface area contributed by atoms with Gasteiger partial charge in [-0.25, -0.2) is 4.98 Å². The van der Waals surface area contributed by atoms with E-state index in [1.54, 1.807) is 4.90 Å². The van der Waals surface area contributed by atoms with E-state index in [1.165, 1.54) is 43.1 Å². The molecule has 1 unspecified atom stereocenters. The fraction of sp³-hybridized carbons (Fsp3) is 0.438. The van der Waals surface area contributed by atoms with E-state index in [-0.39, 0.29) is 30.5 Å². The molecule has 1 aliphatic heterocycles. The number of alkyl halides is 3. The number of carbonyl (C=O) groups excluding carboxylic acids is 3. The number of hydrogen-bond donors (Lipinski definition) is 3. The van der Waals surface area contributed by atoms with Crippen LogP contribution < -0.4 is 16.4 Å². The normalized spacial score (nSPS) is 15.8. The molecule has 0 radical (unpaired) electrons. The number of aromatic nitrogens is 2. The second kappa shape index (κ2) is 14.2. The summed E-state index contributed by atoms with van der Waals surface area (Å²) in [6.45, 7) is 6.06. The van der Waals surface area contributed by atoms with Crippen molar-refractivity contribution >= 4 is 23.5 Å². The minimum atomic E-state index is -4.60. The summed E-state index contributed by atoms with van der Waals surface area (Å²) in [6.07, 6.45) is -0.369. The van der Waals surface area contributed by atoms with Crippen molar-refractivity contribution in [3.05, 3.63) is 83.8 Å². The van der Waals surface area contributed by atoms with E-state index in [4.69, 9.17) is 10.5 Å². The average molecular weight is 629 g/mol. The number of hydrogen-bond acceptors (Lipinski definition) is 6. The maximum atomic E-state index is 13.8. The molecule has 2 heterocycles. The molecule has 2 atom stereocenters. The van der Waals surface area contributed by atoms with Crippen molar-refractivity contribution < 1.29 is 32.3 Å². The van der Waals surface area contributed by atoms with Crippen LogP contribution in [-0.4, -0.2) is 63.4 Å². The zero-order valence-corrected chi connectivity index (χ0v) is 25.5. The summed E-state index contributed by atoms with van der Waals surface area (Å²) in [7, 11) is 0. The summed E-state index contributed by atoms with van der Waals surface area (Å²) in [5.74, 6) is -1.14. The van der Waals surface area contributed by atoms with E-state index < -0.39 is 41.2 Å². The van der Waals surface area contributed by atoms with Crippen molar-refractivity contribution in [2.45, 2.75) is 64.0 Å². The minimum absolute atomic E-state index is 0.0337. The molecule has 45 heavy (non-hydrogen) atoms. The number of nitrogens with two attached hydrogens (primary N) is 1. The van der Waals surface area contributed by atoms with Crippen molar-refractivity contribution in [3.8, 4) is 0 Å². The maximum Gasteiger partial charge on any atom is 0.416 e. The number of piperidine rings is 1. The van der Waals surface area contributed by atoms with Crippen LogP contribution >= 0.6 is 0 Å². The molecule has 0 aliphatic carbocycles. The van der Waals surface area contributed by atoms with Crippen LogP contribution in [0.4, 0.5) is 19.0 Å². The van der Waals surface area contributed by atoms with E-state index in [2.05, 4.69) is 22.5 Å². The van der Waals surface area contributed by atoms with Crippen molar-refractivity contribution in [3.63, 3.8) is 0 Å². The van der Waals surface area contributed by atoms with Gasteiger partial charge in [0.15, 0.2) is 5.82 Å². The largest absolute Gasteiger partial charge is 0.416 e. The molecule has 10 nitrogen and oxygen atoms in total. The molecule has 1 aromatic heterocycles. The Labute approximate surface area is 260 Å². The van der Waals surface area contributed by atoms with Crippen LogP contribution in [-0.2, 0) is 31.9 Å². The molecule has 1 fully saturated rings. The second-order valence-corrected chi connectivity index (χ2v) is 12.0. The van der Waals surface area contributed by atoms with Crippen LogP contribution in [0.25, 0.3) is 0 Å². The summed E-state index contributed by atoms with van der Waals surface area (Å²) in [5.41, 5.74) is 4.77. The molecule has 1 saturated heterocycles. The minimum Gasteiger partial charge on any atom is -0.374 e. The Morgan fingerprint density at radius 2 is 1.76 bits per heavy atom. The molecular weight excluding hydrogens is 589 g/mol. The van der Waals surface area contributed by atoms with Gasteiger partial charge < -0.3 is 30.6 Å². The lowest BCUT2D eigenvalue weighted by molar-refractivity contribution is -0.138. The number of ether oxygens (including phenoxy) is 1. The Bertz CT molecular complexity index is 1460. The average Bonchev–Trinajstić information content (AvgIpc) is 3.44. The molecule has 242 valence electrons. The number of nitrogens with one attached hydrogen (secondary N) is 2. The van der Waals surface area contributed by atoms with E-state index in [0.717, 1.165) is 30.5 Å². The number of imidazole rings is 1. The fourth-order valence-corrected chi connectivity index (χ4v) is 4.88. The van der Waals surface area contributed by atoms with Crippen LogP contribution in [0.3, 0.4) is 0 Å². The predicted octanol–water partition coefficient (Wildman–Crippen LogP) is 4.13. The molecular formula is C32H39F3N6O4. The van der Waals surface area contributed by atoms with Crippen molar-refractivity contribution in [1.82, 2.24) is 19.8 Å². The quantitative estimate of drug-likeness (QED) is 0.293. The number of anilines is 1. The van der Waals surface area contributed by atoms with Gasteiger partial charge in [-0.05, 0) is 55.9 Å². The third kappa shape index (κ3) is 9.14. The Kier molecular flexibility index (Phi) is 10.7. The number of carbonyl (C=O) groups is 3. The topological polar surface area (TPSA) is 132 Å². The van der Waals surface area contributed by atoms with Gasteiger partial charge in [0, 0.05) is 19.3 Å². The van der Waals surface area contributed by atoms with E-state index in [1.807, 2.05) is 30.3 Å². The molecule has 3 amide bonds. The number of likely N-dealkylation sites (tertiary alicyclic amines) is 1. The molecule has 1 aliphatic rings. The highest BCUT2D eigenvalue weighted by Crippen LogP contribution is 2.33. The fourth-order valence-electron chi connectivity index (χ4n) is 4.88. The lowest BCUT2D eigenvalue weighted by atomic mass is 9.97. The molecule has 0 saturated carbocycles. The molecule has 0 spiro atoms. The van der Waals surface area contributed by atoms with Crippen LogP contribution in [0.2, 0.25) is 0 Å². The number of nitrogens with zero attached hydrogens (tertiary/aromatic N) is 3. The van der Waals surface area contributed by atoms with Gasteiger partial charge in [0.25, 0.3) is 5.91 Å². The lowest BCUT2D eigenvalue weighted by Gasteiger charge is -2.33. The molecule has 2 aromatic carbocycles. The summed E-state index contributed by atoms with van der Waals surface area (Å²) in [4.78, 5) is 45.6. The summed E-state index contributed by atoms with van der Waals surface area (Å²) < 4.78 is 47.9. The predicted molar refractivity (Wildman–Crippen MR) is 162 cm³/mol. The zero-order chi connectivity index (χ0) is 32.8. The Morgan fingerprint density at radius 1 is 1.07 bits per heavy atom. The zero-order valence-electron chi connectivity index (χ0n) is 25.5. The third-order valence-electron chi connectivity index (χ3n) is 7.61. The summed E-state index contributed by atoms with van der Waals surface area (Å²) >= 11 is 0. The molecule has 13 heteroatoms. The van der Waals surface area contributed by atoms with Gasteiger partial charge in [-0.3, -0.25) is 14.4 Å². The van der Waals surface area contributed by atoms with E-state index in [9.17, 15) is 27.6 Å². The summed E-state index contributed by atoms with van der Waals surface area (Å²) in [6, 6.07) is 11.6. The maximum absolute atomic E-state index is 13.8. The first-order chi connectivity index (χ1) is 21.2. The van der Waals surface area contributed by atoms with Crippen molar-refractivity contribution in [2.75, 3.05) is 25.0 Å². The summed E-state index contributed by atoms with van der Waals surface area (Å²) in [5, 5.41) is 5.22. The number of amides is 3. The third-order valence-corrected chi connectivity index (χ3v) is 7.61. The first kappa shape index (κ1) is 33.7. The standard InChI is InChI=1S/C32H39F3N6O4/c1-21-12-14-40(15-13-21)29(43)27(23-10-7-11-24(16-23)32(33,34)35)41-17-26(37-20-41)39-28(42)25(38-30(44)31(2,3)36)19-45-18-22-8-5-4-6-9-22/h4-11,16-17,20-21,25,27H,12-15,18-19,36H2,1-3H3,(H,38,44)(H,39,42)/t25-,27?/m1/s1. The Balaban J connectivity index is 1.56. The molecule has 3 aromatic rings. The first-order valence-electron chi connectivity index (χ1n) is 14.7. The van der Waals surface area contributed by atoms with Gasteiger partial charge in [-0.2, -0.15) is 13.2 Å². The van der Waals surface area contributed by atoms with Crippen LogP contribution in [0.15, 0.2) is 67.1 Å². The van der Waals surface area contributed by atoms with Crippen molar-refractivity contribution in [1.29, 1.82) is 0 Å². The first-order valence-corrected chi connectivity index (χ1v) is 14.7. The SMILES string of the molecule is CC1CCN(C(=O)C(c2cccc(C(F)(F)F)c2)n2cnc(NC(=O)[C@@H](COCc3ccccc3)NC(=O)C(C)(C)N)c2)CC1. The lowest BCUT2D eigenvalue weighted by Crippen LogP contribution is -2.56. The van der Waals surface area contributed by atoms with Crippen LogP contribution in [0.1, 0.15) is 56.3 Å². The highest BCUT2D eigenvalue weighted by molar-refractivity contribution is 5.98. The number of rotatable bonds is 11. The van der Waals surface area contributed by atoms with Gasteiger partial charge in [0.2, 0.25) is 11.8 Å². The van der Waals surface area contributed by atoms with E-state index in [0.29, 0.717) is 19.0 Å². The van der Waals surface area contributed by atoms with Crippen molar-refractivity contribution in [2.24, 2.45) is 11.7 Å². The molecule has 0 bridgehead atoms. The monoisotopic (exact) mass is 628 g/mol. The van der Waals surface area contributed by atoms with Gasteiger partial charge in [0.05, 0.1) is 30.6 Å². The van der Waals surface area contributed by atoms with E-state index >= 15 is 0 Å². The van der Waals surface area contributed by atoms with Crippen LogP contribution in [0, 0.1) is 5.92 Å². The molecule has 4 N–H and O–H groups in total. The van der Waals surface area contributed by atoms with Gasteiger partial charge >= 0.3 is 6.18 Å². The molecule has 4 rings (SSSR count). The Hall–Kier alpha value is -4.23. The van der Waals surface area contributed by atoms with Crippen LogP contribution in [0.5, 0.6) is 0 Å². The van der Waals surface area contributed by atoms with Gasteiger partial charge in [-0.15, -0.1) is 0 Å². The smallest absolute Gasteiger partial charge is 0.374 e. The second-order valence-electron chi connectivity index (χ2n) is 12.0. The number of benzene rings is 2. The number of halogens is 3. The van der Waals surface area contributed by atoms with Gasteiger partial charge in [0.1, 0.15) is 12.1 Å². The highest BCUT2D eigenvalue weighted by Gasteiger charge is 2.35. The Morgan fingerprint density at radius 3 is 2.40 bits per heavy atom. The van der Waals surface area contributed by atoms with Gasteiger partial charge in [-0.1, -0.05) is 49.4 Å².